The lowest BCUT2D eigenvalue weighted by atomic mass is 9.93. The molecule has 14 heteroatoms. The molecule has 2 fully saturated rings. The number of aromatic amines is 1. The molecule has 0 bridgehead atoms. The van der Waals surface area contributed by atoms with Crippen LogP contribution in [-0.4, -0.2) is 68.6 Å². The molecule has 0 radical (unpaired) electrons. The Hall–Kier alpha value is -3.97. The van der Waals surface area contributed by atoms with Crippen molar-refractivity contribution in [2.24, 2.45) is 5.73 Å². The highest BCUT2D eigenvalue weighted by Gasteiger charge is 2.36. The number of amides is 3. The standard InChI is InChI=1S/C14H14F5NO.C12H15N5O2/c15-11-5-2-4-10(13(11)16)9-3-1-6-12(21)20(7-9)8-14(17,18)19;13-11(18)16-6-3-8(4-7-16)17-9-2-1-5-14-10(9)15-12(17)19/h2,4-5,9H,1,3,6-8H2;1-2,5,8H,3-4,6-7H2,(H2,13,18)(H,14,15,19). The summed E-state index contributed by atoms with van der Waals surface area (Å²) >= 11 is 0. The number of primary amides is 1. The molecule has 1 unspecified atom stereocenters. The third-order valence-corrected chi connectivity index (χ3v) is 7.16. The van der Waals surface area contributed by atoms with Crippen molar-refractivity contribution in [1.29, 1.82) is 0 Å². The first-order chi connectivity index (χ1) is 18.9. The number of aromatic nitrogens is 3. The van der Waals surface area contributed by atoms with Crippen LogP contribution in [0.3, 0.4) is 0 Å². The molecule has 0 spiro atoms. The second kappa shape index (κ2) is 12.0. The van der Waals surface area contributed by atoms with Crippen LogP contribution >= 0.6 is 0 Å². The molecule has 3 amide bonds. The van der Waals surface area contributed by atoms with Gasteiger partial charge in [-0.15, -0.1) is 0 Å². The van der Waals surface area contributed by atoms with E-state index < -0.39 is 42.2 Å². The van der Waals surface area contributed by atoms with Crippen LogP contribution < -0.4 is 11.4 Å². The fraction of sp³-hybridized carbons (Fsp3) is 0.462. The van der Waals surface area contributed by atoms with E-state index >= 15 is 0 Å². The van der Waals surface area contributed by atoms with Gasteiger partial charge in [0.15, 0.2) is 17.3 Å². The van der Waals surface area contributed by atoms with Gasteiger partial charge >= 0.3 is 17.9 Å². The van der Waals surface area contributed by atoms with Gasteiger partial charge in [0.25, 0.3) is 0 Å². The highest BCUT2D eigenvalue weighted by molar-refractivity contribution is 5.76. The first-order valence-corrected chi connectivity index (χ1v) is 12.8. The summed E-state index contributed by atoms with van der Waals surface area (Å²) in [6.07, 6.45) is -0.712. The fourth-order valence-corrected chi connectivity index (χ4v) is 5.24. The van der Waals surface area contributed by atoms with Gasteiger partial charge < -0.3 is 15.5 Å². The molecule has 3 aromatic rings. The Bertz CT molecular complexity index is 1410. The number of alkyl halides is 3. The van der Waals surface area contributed by atoms with E-state index in [0.29, 0.717) is 36.5 Å². The molecule has 0 aliphatic carbocycles. The number of rotatable bonds is 3. The number of pyridine rings is 1. The van der Waals surface area contributed by atoms with Crippen molar-refractivity contribution in [2.45, 2.75) is 50.2 Å². The molecule has 1 atom stereocenters. The maximum atomic E-state index is 13.8. The van der Waals surface area contributed by atoms with Crippen LogP contribution in [0.25, 0.3) is 11.2 Å². The molecule has 2 saturated heterocycles. The number of H-pyrrole nitrogens is 1. The molecule has 1 aromatic carbocycles. The number of imidazole rings is 1. The second-order valence-electron chi connectivity index (χ2n) is 9.85. The molecule has 0 saturated carbocycles. The third-order valence-electron chi connectivity index (χ3n) is 7.16. The highest BCUT2D eigenvalue weighted by atomic mass is 19.4. The van der Waals surface area contributed by atoms with Gasteiger partial charge in [0.2, 0.25) is 5.91 Å². The van der Waals surface area contributed by atoms with Gasteiger partial charge in [-0.25, -0.2) is 23.4 Å². The Morgan fingerprint density at radius 1 is 1.07 bits per heavy atom. The van der Waals surface area contributed by atoms with Gasteiger partial charge in [0.05, 0.1) is 5.52 Å². The largest absolute Gasteiger partial charge is 0.406 e. The van der Waals surface area contributed by atoms with Crippen molar-refractivity contribution in [1.82, 2.24) is 24.3 Å². The van der Waals surface area contributed by atoms with E-state index in [1.807, 2.05) is 12.1 Å². The Morgan fingerprint density at radius 3 is 2.48 bits per heavy atom. The van der Waals surface area contributed by atoms with Crippen LogP contribution in [0, 0.1) is 11.6 Å². The molecule has 4 heterocycles. The summed E-state index contributed by atoms with van der Waals surface area (Å²) in [6.45, 7) is -0.448. The number of piperidine rings is 1. The average Bonchev–Trinajstić information content (AvgIpc) is 3.14. The number of urea groups is 1. The number of hydrogen-bond donors (Lipinski definition) is 2. The molecular formula is C26H29F5N6O3. The second-order valence-corrected chi connectivity index (χ2v) is 9.85. The summed E-state index contributed by atoms with van der Waals surface area (Å²) in [7, 11) is 0. The lowest BCUT2D eigenvalue weighted by Gasteiger charge is -2.31. The van der Waals surface area contributed by atoms with Gasteiger partial charge in [-0.3, -0.25) is 14.3 Å². The van der Waals surface area contributed by atoms with Crippen molar-refractivity contribution >= 4 is 23.1 Å². The first-order valence-electron chi connectivity index (χ1n) is 12.8. The summed E-state index contributed by atoms with van der Waals surface area (Å²) in [5, 5.41) is 0. The summed E-state index contributed by atoms with van der Waals surface area (Å²) in [5.74, 6) is -3.32. The number of nitrogens with two attached hydrogens (primary N) is 1. The minimum Gasteiger partial charge on any atom is -0.351 e. The van der Waals surface area contributed by atoms with E-state index in [1.165, 1.54) is 12.1 Å². The van der Waals surface area contributed by atoms with Crippen LogP contribution in [0.2, 0.25) is 0 Å². The predicted octanol–water partition coefficient (Wildman–Crippen LogP) is 4.06. The zero-order valence-corrected chi connectivity index (χ0v) is 21.5. The molecule has 2 aliphatic heterocycles. The normalized spacial score (nSPS) is 18.8. The highest BCUT2D eigenvalue weighted by Crippen LogP contribution is 2.31. The maximum Gasteiger partial charge on any atom is 0.406 e. The average molecular weight is 569 g/mol. The van der Waals surface area contributed by atoms with Crippen LogP contribution in [0.1, 0.15) is 49.6 Å². The van der Waals surface area contributed by atoms with Gasteiger partial charge in [-0.2, -0.15) is 13.2 Å². The zero-order valence-electron chi connectivity index (χ0n) is 21.5. The van der Waals surface area contributed by atoms with E-state index in [4.69, 9.17) is 5.73 Å². The smallest absolute Gasteiger partial charge is 0.351 e. The van der Waals surface area contributed by atoms with E-state index in [2.05, 4.69) is 9.97 Å². The fourth-order valence-electron chi connectivity index (χ4n) is 5.24. The molecule has 5 rings (SSSR count). The number of carbonyl (C=O) groups is 2. The quantitative estimate of drug-likeness (QED) is 0.464. The molecule has 9 nitrogen and oxygen atoms in total. The summed E-state index contributed by atoms with van der Waals surface area (Å²) in [4.78, 5) is 44.0. The van der Waals surface area contributed by atoms with Crippen LogP contribution in [0.5, 0.6) is 0 Å². The Labute approximate surface area is 225 Å². The lowest BCUT2D eigenvalue weighted by Crippen LogP contribution is -2.43. The van der Waals surface area contributed by atoms with Gasteiger partial charge in [-0.05, 0) is 49.4 Å². The number of hydrogen-bond acceptors (Lipinski definition) is 4. The van der Waals surface area contributed by atoms with Crippen molar-refractivity contribution in [3.8, 4) is 0 Å². The van der Waals surface area contributed by atoms with Crippen LogP contribution in [-0.2, 0) is 4.79 Å². The Balaban J connectivity index is 0.000000186. The van der Waals surface area contributed by atoms with E-state index in [9.17, 15) is 36.3 Å². The van der Waals surface area contributed by atoms with E-state index in [0.717, 1.165) is 24.4 Å². The molecule has 2 aromatic heterocycles. The predicted molar refractivity (Wildman–Crippen MR) is 135 cm³/mol. The SMILES string of the molecule is NC(=O)N1CCC(n2c(=O)[nH]c3ncccc32)CC1.O=C1CCCC(c2cccc(F)c2F)CN1CC(F)(F)F. The Morgan fingerprint density at radius 2 is 1.80 bits per heavy atom. The number of carbonyl (C=O) groups excluding carboxylic acids is 2. The number of nitrogens with zero attached hydrogens (tertiary/aromatic N) is 4. The van der Waals surface area contributed by atoms with Crippen molar-refractivity contribution in [2.75, 3.05) is 26.2 Å². The molecule has 40 heavy (non-hydrogen) atoms. The van der Waals surface area contributed by atoms with Crippen molar-refractivity contribution in [3.63, 3.8) is 0 Å². The van der Waals surface area contributed by atoms with Crippen molar-refractivity contribution in [3.05, 3.63) is 64.2 Å². The number of likely N-dealkylation sites (tertiary alicyclic amines) is 2. The van der Waals surface area contributed by atoms with E-state index in [-0.39, 0.29) is 30.3 Å². The topological polar surface area (TPSA) is 117 Å². The minimum absolute atomic E-state index is 0.0104. The summed E-state index contributed by atoms with van der Waals surface area (Å²) in [6, 6.07) is 6.99. The molecule has 3 N–H and O–H groups in total. The number of halogens is 5. The maximum absolute atomic E-state index is 13.8. The lowest BCUT2D eigenvalue weighted by molar-refractivity contribution is -0.160. The van der Waals surface area contributed by atoms with Crippen LogP contribution in [0.15, 0.2) is 41.3 Å². The molecule has 2 aliphatic rings. The van der Waals surface area contributed by atoms with Crippen LogP contribution in [0.4, 0.5) is 26.7 Å². The summed E-state index contributed by atoms with van der Waals surface area (Å²) in [5.41, 5.74) is 6.54. The van der Waals surface area contributed by atoms with Crippen molar-refractivity contribution < 1.29 is 31.5 Å². The Kier molecular flexibility index (Phi) is 8.74. The number of fused-ring (bicyclic) bond motifs is 1. The third kappa shape index (κ3) is 6.77. The molecular weight excluding hydrogens is 539 g/mol. The number of nitrogens with one attached hydrogen (secondary N) is 1. The number of benzene rings is 1. The monoisotopic (exact) mass is 568 g/mol. The summed E-state index contributed by atoms with van der Waals surface area (Å²) < 4.78 is 66.2. The molecule has 216 valence electrons. The zero-order chi connectivity index (χ0) is 29.0. The van der Waals surface area contributed by atoms with Gasteiger partial charge in [-0.1, -0.05) is 12.1 Å². The minimum atomic E-state index is -4.51. The van der Waals surface area contributed by atoms with Gasteiger partial charge in [0, 0.05) is 44.2 Å². The van der Waals surface area contributed by atoms with Gasteiger partial charge in [0.1, 0.15) is 6.54 Å². The van der Waals surface area contributed by atoms with E-state index in [1.54, 1.807) is 15.7 Å². The first kappa shape index (κ1) is 29.0.